The van der Waals surface area contributed by atoms with Crippen molar-refractivity contribution < 1.29 is 14.1 Å². The van der Waals surface area contributed by atoms with Gasteiger partial charge >= 0.3 is 0 Å². The summed E-state index contributed by atoms with van der Waals surface area (Å²) in [4.78, 5) is 28.8. The number of nitrogens with zero attached hydrogens (tertiary/aromatic N) is 3. The van der Waals surface area contributed by atoms with E-state index < -0.39 is 0 Å². The molecule has 2 fully saturated rings. The van der Waals surface area contributed by atoms with Crippen LogP contribution >= 0.6 is 0 Å². The lowest BCUT2D eigenvalue weighted by Crippen LogP contribution is -2.47. The number of carbonyl (C=O) groups is 2. The molecule has 0 aliphatic carbocycles. The molecule has 4 rings (SSSR count). The van der Waals surface area contributed by atoms with Crippen molar-refractivity contribution in [2.75, 3.05) is 20.1 Å². The number of amides is 2. The highest BCUT2D eigenvalue weighted by molar-refractivity contribution is 6.01. The minimum absolute atomic E-state index is 0.0574. The standard InChI is InChI=1S/C19H21N3O3/c1-12-17(18(20-25-12)13-6-4-3-5-7-13)19(24)22-9-8-15-14(11-22)10-16(23)21(15)2/h3-7,14-15H,8-11H2,1-2H3/t14-,15+/m1/s1. The van der Waals surface area contributed by atoms with Crippen LogP contribution in [0.3, 0.4) is 0 Å². The number of carbonyl (C=O) groups excluding carboxylic acids is 2. The summed E-state index contributed by atoms with van der Waals surface area (Å²) in [5.41, 5.74) is 1.99. The summed E-state index contributed by atoms with van der Waals surface area (Å²) in [5.74, 6) is 0.870. The third-order valence-corrected chi connectivity index (χ3v) is 5.43. The molecule has 6 heteroatoms. The topological polar surface area (TPSA) is 66.7 Å². The van der Waals surface area contributed by atoms with Crippen molar-refractivity contribution >= 4 is 11.8 Å². The van der Waals surface area contributed by atoms with Gasteiger partial charge in [-0.25, -0.2) is 0 Å². The van der Waals surface area contributed by atoms with Crippen molar-refractivity contribution in [3.63, 3.8) is 0 Å². The Morgan fingerprint density at radius 3 is 2.80 bits per heavy atom. The first-order chi connectivity index (χ1) is 12.1. The molecule has 2 amide bonds. The Morgan fingerprint density at radius 2 is 2.04 bits per heavy atom. The largest absolute Gasteiger partial charge is 0.360 e. The molecule has 0 radical (unpaired) electrons. The van der Waals surface area contributed by atoms with Crippen LogP contribution < -0.4 is 0 Å². The van der Waals surface area contributed by atoms with Crippen LogP contribution in [0, 0.1) is 12.8 Å². The Hall–Kier alpha value is -2.63. The molecule has 3 heterocycles. The van der Waals surface area contributed by atoms with E-state index in [2.05, 4.69) is 5.16 Å². The number of benzene rings is 1. The van der Waals surface area contributed by atoms with Gasteiger partial charge in [0.25, 0.3) is 5.91 Å². The molecule has 2 aliphatic rings. The van der Waals surface area contributed by atoms with E-state index in [1.807, 2.05) is 47.2 Å². The number of piperidine rings is 1. The van der Waals surface area contributed by atoms with Crippen LogP contribution in [0.5, 0.6) is 0 Å². The van der Waals surface area contributed by atoms with Crippen LogP contribution in [0.25, 0.3) is 11.3 Å². The number of rotatable bonds is 2. The minimum Gasteiger partial charge on any atom is -0.360 e. The van der Waals surface area contributed by atoms with Crippen LogP contribution in [0.15, 0.2) is 34.9 Å². The van der Waals surface area contributed by atoms with Gasteiger partial charge in [-0.3, -0.25) is 9.59 Å². The lowest BCUT2D eigenvalue weighted by Gasteiger charge is -2.36. The van der Waals surface area contributed by atoms with E-state index in [0.717, 1.165) is 12.0 Å². The van der Waals surface area contributed by atoms with Gasteiger partial charge in [0.05, 0.1) is 0 Å². The van der Waals surface area contributed by atoms with Gasteiger partial charge in [-0.05, 0) is 13.3 Å². The van der Waals surface area contributed by atoms with Crippen LogP contribution in [0.4, 0.5) is 0 Å². The number of hydrogen-bond donors (Lipinski definition) is 0. The Kier molecular flexibility index (Phi) is 3.82. The smallest absolute Gasteiger partial charge is 0.259 e. The Balaban J connectivity index is 1.60. The van der Waals surface area contributed by atoms with Crippen molar-refractivity contribution in [1.82, 2.24) is 15.0 Å². The summed E-state index contributed by atoms with van der Waals surface area (Å²) in [5, 5.41) is 4.11. The average molecular weight is 339 g/mol. The maximum absolute atomic E-state index is 13.2. The van der Waals surface area contributed by atoms with Crippen molar-refractivity contribution in [1.29, 1.82) is 0 Å². The fraction of sp³-hybridized carbons (Fsp3) is 0.421. The zero-order valence-corrected chi connectivity index (χ0v) is 14.4. The summed E-state index contributed by atoms with van der Waals surface area (Å²) in [7, 11) is 1.86. The molecule has 0 unspecified atom stereocenters. The number of likely N-dealkylation sites (tertiary alicyclic amines) is 2. The molecule has 2 aliphatic heterocycles. The van der Waals surface area contributed by atoms with Gasteiger partial charge in [0.1, 0.15) is 17.0 Å². The summed E-state index contributed by atoms with van der Waals surface area (Å²) in [6.07, 6.45) is 1.35. The Bertz CT molecular complexity index is 815. The monoisotopic (exact) mass is 339 g/mol. The molecule has 6 nitrogen and oxygen atoms in total. The number of hydrogen-bond acceptors (Lipinski definition) is 4. The van der Waals surface area contributed by atoms with Crippen LogP contribution in [-0.4, -0.2) is 52.9 Å². The molecule has 1 aromatic carbocycles. The van der Waals surface area contributed by atoms with Crippen LogP contribution in [-0.2, 0) is 4.79 Å². The van der Waals surface area contributed by atoms with Gasteiger partial charge in [-0.15, -0.1) is 0 Å². The number of fused-ring (bicyclic) bond motifs is 1. The summed E-state index contributed by atoms with van der Waals surface area (Å²) in [6, 6.07) is 9.86. The summed E-state index contributed by atoms with van der Waals surface area (Å²) < 4.78 is 5.32. The molecule has 0 saturated carbocycles. The van der Waals surface area contributed by atoms with E-state index in [1.54, 1.807) is 6.92 Å². The minimum atomic E-state index is -0.0574. The second-order valence-electron chi connectivity index (χ2n) is 6.90. The molecule has 0 bridgehead atoms. The molecule has 2 atom stereocenters. The normalized spacial score (nSPS) is 23.0. The van der Waals surface area contributed by atoms with Crippen molar-refractivity contribution in [2.24, 2.45) is 5.92 Å². The van der Waals surface area contributed by atoms with Gasteiger partial charge < -0.3 is 14.3 Å². The summed E-state index contributed by atoms with van der Waals surface area (Å²) in [6.45, 7) is 3.03. The molecule has 130 valence electrons. The molecule has 2 aromatic rings. The average Bonchev–Trinajstić information content (AvgIpc) is 3.15. The Labute approximate surface area is 146 Å². The van der Waals surface area contributed by atoms with Gasteiger partial charge in [-0.2, -0.15) is 0 Å². The Morgan fingerprint density at radius 1 is 1.28 bits per heavy atom. The highest BCUT2D eigenvalue weighted by atomic mass is 16.5. The van der Waals surface area contributed by atoms with E-state index in [0.29, 0.717) is 36.5 Å². The number of aromatic nitrogens is 1. The predicted octanol–water partition coefficient (Wildman–Crippen LogP) is 2.34. The van der Waals surface area contributed by atoms with Crippen molar-refractivity contribution in [2.45, 2.75) is 25.8 Å². The molecular formula is C19H21N3O3. The highest BCUT2D eigenvalue weighted by Crippen LogP contribution is 2.33. The molecule has 0 N–H and O–H groups in total. The lowest BCUT2D eigenvalue weighted by molar-refractivity contribution is -0.127. The zero-order chi connectivity index (χ0) is 17.6. The van der Waals surface area contributed by atoms with Crippen LogP contribution in [0.2, 0.25) is 0 Å². The van der Waals surface area contributed by atoms with Crippen molar-refractivity contribution in [3.05, 3.63) is 41.7 Å². The third-order valence-electron chi connectivity index (χ3n) is 5.43. The highest BCUT2D eigenvalue weighted by Gasteiger charge is 2.42. The maximum atomic E-state index is 13.2. The maximum Gasteiger partial charge on any atom is 0.259 e. The van der Waals surface area contributed by atoms with E-state index in [4.69, 9.17) is 4.52 Å². The molecule has 0 spiro atoms. The fourth-order valence-corrected chi connectivity index (χ4v) is 4.04. The van der Waals surface area contributed by atoms with Crippen LogP contribution in [0.1, 0.15) is 29.0 Å². The van der Waals surface area contributed by atoms with E-state index >= 15 is 0 Å². The van der Waals surface area contributed by atoms with E-state index in [9.17, 15) is 9.59 Å². The van der Waals surface area contributed by atoms with E-state index in [-0.39, 0.29) is 23.8 Å². The van der Waals surface area contributed by atoms with Gasteiger partial charge in [0, 0.05) is 44.1 Å². The molecular weight excluding hydrogens is 318 g/mol. The van der Waals surface area contributed by atoms with E-state index in [1.165, 1.54) is 0 Å². The first kappa shape index (κ1) is 15.9. The van der Waals surface area contributed by atoms with Gasteiger partial charge in [-0.1, -0.05) is 35.5 Å². The SMILES string of the molecule is Cc1onc(-c2ccccc2)c1C(=O)N1CC[C@H]2[C@H](CC(=O)N2C)C1. The molecule has 1 aromatic heterocycles. The second kappa shape index (κ2) is 6.02. The fourth-order valence-electron chi connectivity index (χ4n) is 4.04. The summed E-state index contributed by atoms with van der Waals surface area (Å²) >= 11 is 0. The molecule has 25 heavy (non-hydrogen) atoms. The predicted molar refractivity (Wildman–Crippen MR) is 91.9 cm³/mol. The van der Waals surface area contributed by atoms with Gasteiger partial charge in [0.2, 0.25) is 5.91 Å². The third kappa shape index (κ3) is 2.62. The zero-order valence-electron chi connectivity index (χ0n) is 14.4. The van der Waals surface area contributed by atoms with Gasteiger partial charge in [0.15, 0.2) is 0 Å². The molecule has 2 saturated heterocycles. The lowest BCUT2D eigenvalue weighted by atomic mass is 9.92. The first-order valence-electron chi connectivity index (χ1n) is 8.63. The quantitative estimate of drug-likeness (QED) is 0.842. The second-order valence-corrected chi connectivity index (χ2v) is 6.90. The first-order valence-corrected chi connectivity index (χ1v) is 8.63. The number of aryl methyl sites for hydroxylation is 1. The van der Waals surface area contributed by atoms with Crippen molar-refractivity contribution in [3.8, 4) is 11.3 Å².